The predicted octanol–water partition coefficient (Wildman–Crippen LogP) is 2.86. The maximum absolute atomic E-state index is 11.8. The molecule has 1 aromatic carbocycles. The molecule has 0 aliphatic rings. The lowest BCUT2D eigenvalue weighted by atomic mass is 10.2. The highest BCUT2D eigenvalue weighted by Gasteiger charge is 2.18. The average molecular weight is 238 g/mol. The van der Waals surface area contributed by atoms with E-state index in [0.717, 1.165) is 12.0 Å². The molecule has 86 valence electrons. The van der Waals surface area contributed by atoms with E-state index in [-0.39, 0.29) is 5.88 Å². The van der Waals surface area contributed by atoms with Gasteiger partial charge >= 0.3 is 5.88 Å². The fourth-order valence-electron chi connectivity index (χ4n) is 1.14. The van der Waals surface area contributed by atoms with Crippen molar-refractivity contribution in [2.45, 2.75) is 31.6 Å². The molecular weight excluding hydrogens is 222 g/mol. The van der Waals surface area contributed by atoms with Crippen LogP contribution in [0.25, 0.3) is 4.85 Å². The first kappa shape index (κ1) is 12.7. The Kier molecular flexibility index (Phi) is 4.51. The highest BCUT2D eigenvalue weighted by Crippen LogP contribution is 2.12. The lowest BCUT2D eigenvalue weighted by molar-refractivity contribution is 0.599. The molecule has 16 heavy (non-hydrogen) atoms. The summed E-state index contributed by atoms with van der Waals surface area (Å²) in [6, 6.07) is 9.51. The quantitative estimate of drug-likeness (QED) is 0.812. The molecule has 0 bridgehead atoms. The van der Waals surface area contributed by atoms with Crippen LogP contribution in [0.2, 0.25) is 0 Å². The van der Waals surface area contributed by atoms with Gasteiger partial charge in [0.15, 0.2) is 0 Å². The first-order chi connectivity index (χ1) is 7.56. The van der Waals surface area contributed by atoms with Gasteiger partial charge < -0.3 is 0 Å². The molecule has 3 nitrogen and oxygen atoms in total. The lowest BCUT2D eigenvalue weighted by Crippen LogP contribution is -2.03. The molecule has 0 N–H and O–H groups in total. The molecule has 0 aliphatic carbocycles. The molecule has 0 saturated heterocycles. The van der Waals surface area contributed by atoms with Crippen molar-refractivity contribution in [1.82, 2.24) is 0 Å². The van der Waals surface area contributed by atoms with Crippen molar-refractivity contribution in [2.75, 3.05) is 5.88 Å². The molecule has 0 unspecified atom stereocenters. The molecule has 1 aromatic rings. The van der Waals surface area contributed by atoms with E-state index >= 15 is 0 Å². The van der Waals surface area contributed by atoms with Gasteiger partial charge in [-0.25, -0.2) is 8.42 Å². The molecule has 0 aliphatic heterocycles. The third-order valence-corrected chi connectivity index (χ3v) is 3.55. The van der Waals surface area contributed by atoms with Gasteiger partial charge in [0.2, 0.25) is 0 Å². The number of hydrogen-bond acceptors (Lipinski definition) is 2. The topological polar surface area (TPSA) is 38.5 Å². The van der Waals surface area contributed by atoms with Crippen molar-refractivity contribution >= 4 is 9.84 Å². The van der Waals surface area contributed by atoms with Gasteiger partial charge in [-0.1, -0.05) is 29.5 Å². The van der Waals surface area contributed by atoms with Crippen LogP contribution in [0.3, 0.4) is 0 Å². The van der Waals surface area contributed by atoms with E-state index in [1.807, 2.05) is 13.8 Å². The van der Waals surface area contributed by atoms with Gasteiger partial charge in [-0.05, 0) is 25.5 Å². The van der Waals surface area contributed by atoms with Crippen molar-refractivity contribution in [2.24, 2.45) is 0 Å². The summed E-state index contributed by atoms with van der Waals surface area (Å²) in [5.41, 5.74) is 1.04. The maximum atomic E-state index is 11.8. The fraction of sp³-hybridized carbons (Fsp3) is 0.417. The van der Waals surface area contributed by atoms with E-state index in [9.17, 15) is 8.42 Å². The molecule has 0 atom stereocenters. The van der Waals surface area contributed by atoms with Crippen molar-refractivity contribution in [3.8, 4) is 6.07 Å². The summed E-state index contributed by atoms with van der Waals surface area (Å²) in [6.07, 6.45) is 1.62. The second kappa shape index (κ2) is 5.66. The van der Waals surface area contributed by atoms with Gasteiger partial charge in [-0.3, -0.25) is 0 Å². The lowest BCUT2D eigenvalue weighted by Gasteiger charge is -1.96. The third kappa shape index (κ3) is 3.67. The van der Waals surface area contributed by atoms with Crippen LogP contribution >= 0.6 is 0 Å². The van der Waals surface area contributed by atoms with Crippen LogP contribution in [0.5, 0.6) is 0 Å². The van der Waals surface area contributed by atoms with Gasteiger partial charge in [-0.15, -0.1) is 0 Å². The van der Waals surface area contributed by atoms with Gasteiger partial charge in [0.05, 0.1) is 11.3 Å². The SMILES string of the molecule is CCCC#[N+]CS(=O)(=O)c1ccc(C)cc1. The van der Waals surface area contributed by atoms with Crippen LogP contribution in [0, 0.1) is 13.0 Å². The largest absolute Gasteiger partial charge is 0.364 e. The molecule has 1 rings (SSSR count). The Balaban J connectivity index is 2.80. The minimum Gasteiger partial charge on any atom is -0.216 e. The highest BCUT2D eigenvalue weighted by molar-refractivity contribution is 7.91. The molecule has 0 spiro atoms. The summed E-state index contributed by atoms with van der Waals surface area (Å²) >= 11 is 0. The normalized spacial score (nSPS) is 10.6. The Hall–Kier alpha value is -1.34. The van der Waals surface area contributed by atoms with Crippen LogP contribution in [0.15, 0.2) is 29.2 Å². The van der Waals surface area contributed by atoms with Crippen molar-refractivity contribution < 1.29 is 8.42 Å². The second-order valence-electron chi connectivity index (χ2n) is 3.62. The third-order valence-electron chi connectivity index (χ3n) is 2.09. The van der Waals surface area contributed by atoms with Crippen LogP contribution in [0.4, 0.5) is 0 Å². The van der Waals surface area contributed by atoms with E-state index in [4.69, 9.17) is 0 Å². The van der Waals surface area contributed by atoms with Crippen LogP contribution in [0.1, 0.15) is 25.3 Å². The average Bonchev–Trinajstić information content (AvgIpc) is 2.25. The number of sulfone groups is 1. The Labute approximate surface area is 96.8 Å². The van der Waals surface area contributed by atoms with Crippen molar-refractivity contribution in [1.29, 1.82) is 0 Å². The van der Waals surface area contributed by atoms with E-state index in [2.05, 4.69) is 10.9 Å². The zero-order valence-electron chi connectivity index (χ0n) is 9.60. The second-order valence-corrected chi connectivity index (χ2v) is 5.58. The molecule has 0 aromatic heterocycles. The van der Waals surface area contributed by atoms with Crippen molar-refractivity contribution in [3.63, 3.8) is 0 Å². The zero-order valence-corrected chi connectivity index (χ0v) is 10.4. The maximum Gasteiger partial charge on any atom is 0.364 e. The zero-order chi connectivity index (χ0) is 12.0. The summed E-state index contributed by atoms with van der Waals surface area (Å²) in [5.74, 6) is -0.212. The van der Waals surface area contributed by atoms with Crippen LogP contribution in [-0.2, 0) is 9.84 Å². The summed E-state index contributed by atoms with van der Waals surface area (Å²) in [6.45, 7) is 3.92. The summed E-state index contributed by atoms with van der Waals surface area (Å²) < 4.78 is 23.5. The smallest absolute Gasteiger partial charge is 0.216 e. The molecule has 0 heterocycles. The van der Waals surface area contributed by atoms with Crippen molar-refractivity contribution in [3.05, 3.63) is 34.7 Å². The molecular formula is C12H16NO2S+. The molecule has 0 saturated carbocycles. The first-order valence-electron chi connectivity index (χ1n) is 5.25. The number of unbranched alkanes of at least 4 members (excludes halogenated alkanes) is 1. The van der Waals surface area contributed by atoms with E-state index in [0.29, 0.717) is 11.3 Å². The van der Waals surface area contributed by atoms with E-state index in [1.54, 1.807) is 24.3 Å². The number of nitrogens with zero attached hydrogens (tertiary/aromatic N) is 1. The van der Waals surface area contributed by atoms with Gasteiger partial charge in [0.25, 0.3) is 15.9 Å². The summed E-state index contributed by atoms with van der Waals surface area (Å²) in [7, 11) is -3.29. The Bertz CT molecular complexity index is 492. The Morgan fingerprint density at radius 2 is 1.88 bits per heavy atom. The predicted molar refractivity (Wildman–Crippen MR) is 65.4 cm³/mol. The number of rotatable bonds is 3. The fourth-order valence-corrected chi connectivity index (χ4v) is 2.10. The van der Waals surface area contributed by atoms with E-state index in [1.165, 1.54) is 0 Å². The van der Waals surface area contributed by atoms with Crippen LogP contribution in [-0.4, -0.2) is 14.3 Å². The monoisotopic (exact) mass is 238 g/mol. The Morgan fingerprint density at radius 3 is 2.44 bits per heavy atom. The number of aryl methyl sites for hydroxylation is 1. The van der Waals surface area contributed by atoms with Gasteiger partial charge in [0, 0.05) is 0 Å². The van der Waals surface area contributed by atoms with Gasteiger partial charge in [-0.2, -0.15) is 0 Å². The summed E-state index contributed by atoms with van der Waals surface area (Å²) in [4.78, 5) is 4.11. The molecule has 0 amide bonds. The minimum absolute atomic E-state index is 0.212. The number of benzene rings is 1. The summed E-state index contributed by atoms with van der Waals surface area (Å²) in [5, 5.41) is 0. The molecule has 4 heteroatoms. The van der Waals surface area contributed by atoms with Crippen LogP contribution < -0.4 is 0 Å². The van der Waals surface area contributed by atoms with Gasteiger partial charge in [0.1, 0.15) is 0 Å². The molecule has 0 radical (unpaired) electrons. The molecule has 0 fully saturated rings. The Morgan fingerprint density at radius 1 is 1.25 bits per heavy atom. The standard InChI is InChI=1S/C12H16NO2S/c1-3-4-9-13-10-16(14,15)12-7-5-11(2)6-8-12/h5-8H,3-4,10H2,1-2H3/q+1. The highest BCUT2D eigenvalue weighted by atomic mass is 32.2. The van der Waals surface area contributed by atoms with E-state index < -0.39 is 9.84 Å². The minimum atomic E-state index is -3.29. The number of hydrogen-bond donors (Lipinski definition) is 0. The first-order valence-corrected chi connectivity index (χ1v) is 6.90.